The molecule has 0 saturated heterocycles. The molecule has 3 aromatic carbocycles. The van der Waals surface area contributed by atoms with Crippen LogP contribution in [0.25, 0.3) is 16.9 Å². The largest absolute Gasteiger partial charge is 0.493 e. The quantitative estimate of drug-likeness (QED) is 0.262. The van der Waals surface area contributed by atoms with Crippen LogP contribution < -0.4 is 14.9 Å². The number of hydrazone groups is 1. The summed E-state index contributed by atoms with van der Waals surface area (Å²) in [7, 11) is 3.15. The lowest BCUT2D eigenvalue weighted by molar-refractivity contribution is 0.0697. The van der Waals surface area contributed by atoms with Crippen LogP contribution in [0.3, 0.4) is 0 Å². The molecule has 172 valence electrons. The topological polar surface area (TPSA) is 98.0 Å². The minimum Gasteiger partial charge on any atom is -0.493 e. The summed E-state index contributed by atoms with van der Waals surface area (Å²) in [5.74, 6) is 0.134. The van der Waals surface area contributed by atoms with E-state index in [-0.39, 0.29) is 5.56 Å². The normalized spacial score (nSPS) is 10.9. The smallest absolute Gasteiger partial charge is 0.335 e. The van der Waals surface area contributed by atoms with Gasteiger partial charge in [0.25, 0.3) is 0 Å². The van der Waals surface area contributed by atoms with Crippen molar-refractivity contribution in [3.05, 3.63) is 89.1 Å². The van der Waals surface area contributed by atoms with E-state index in [0.717, 1.165) is 11.3 Å². The summed E-state index contributed by atoms with van der Waals surface area (Å²) in [5, 5.41) is 18.6. The first-order chi connectivity index (χ1) is 16.5. The average molecular weight is 477 g/mol. The van der Waals surface area contributed by atoms with Crippen molar-refractivity contribution >= 4 is 29.5 Å². The number of halogens is 1. The van der Waals surface area contributed by atoms with Gasteiger partial charge in [-0.1, -0.05) is 29.8 Å². The predicted octanol–water partition coefficient (Wildman–Crippen LogP) is 5.35. The zero-order valence-electron chi connectivity index (χ0n) is 18.4. The van der Waals surface area contributed by atoms with Gasteiger partial charge in [0, 0.05) is 17.3 Å². The van der Waals surface area contributed by atoms with Gasteiger partial charge in [0.2, 0.25) is 0 Å². The van der Waals surface area contributed by atoms with Gasteiger partial charge in [0.1, 0.15) is 5.69 Å². The lowest BCUT2D eigenvalue weighted by Crippen LogP contribution is -1.98. The maximum atomic E-state index is 11.3. The van der Waals surface area contributed by atoms with E-state index < -0.39 is 5.97 Å². The fourth-order valence-corrected chi connectivity index (χ4v) is 3.48. The van der Waals surface area contributed by atoms with Crippen LogP contribution in [0.5, 0.6) is 11.5 Å². The van der Waals surface area contributed by atoms with Gasteiger partial charge in [-0.15, -0.1) is 0 Å². The highest BCUT2D eigenvalue weighted by Crippen LogP contribution is 2.33. The molecule has 0 aliphatic heterocycles. The van der Waals surface area contributed by atoms with Gasteiger partial charge in [-0.3, -0.25) is 5.43 Å². The predicted molar refractivity (Wildman–Crippen MR) is 132 cm³/mol. The number of carbonyl (C=O) groups is 1. The Kier molecular flexibility index (Phi) is 6.79. The van der Waals surface area contributed by atoms with E-state index in [2.05, 4.69) is 10.5 Å². The van der Waals surface area contributed by atoms with Gasteiger partial charge >= 0.3 is 5.97 Å². The lowest BCUT2D eigenvalue weighted by atomic mass is 10.1. The first-order valence-corrected chi connectivity index (χ1v) is 10.6. The van der Waals surface area contributed by atoms with E-state index in [0.29, 0.717) is 33.5 Å². The van der Waals surface area contributed by atoms with Crippen molar-refractivity contribution < 1.29 is 19.4 Å². The maximum absolute atomic E-state index is 11.3. The third-order valence-corrected chi connectivity index (χ3v) is 5.35. The fraction of sp³-hybridized carbons (Fsp3) is 0.0800. The summed E-state index contributed by atoms with van der Waals surface area (Å²) < 4.78 is 12.5. The van der Waals surface area contributed by atoms with Crippen molar-refractivity contribution in [2.75, 3.05) is 19.6 Å². The van der Waals surface area contributed by atoms with Crippen molar-refractivity contribution in [3.8, 4) is 28.4 Å². The molecule has 4 aromatic rings. The highest BCUT2D eigenvalue weighted by Gasteiger charge is 2.14. The number of rotatable bonds is 8. The summed E-state index contributed by atoms with van der Waals surface area (Å²) >= 11 is 6.18. The van der Waals surface area contributed by atoms with E-state index in [9.17, 15) is 9.90 Å². The third-order valence-electron chi connectivity index (χ3n) is 5.02. The number of carboxylic acid groups (broad SMARTS) is 1. The van der Waals surface area contributed by atoms with E-state index in [1.807, 2.05) is 54.7 Å². The van der Waals surface area contributed by atoms with Crippen molar-refractivity contribution in [2.24, 2.45) is 5.10 Å². The van der Waals surface area contributed by atoms with Crippen LogP contribution in [0.15, 0.2) is 78.0 Å². The fourth-order valence-electron chi connectivity index (χ4n) is 3.32. The first kappa shape index (κ1) is 22.9. The van der Waals surface area contributed by atoms with E-state index in [1.54, 1.807) is 25.1 Å². The van der Waals surface area contributed by atoms with Gasteiger partial charge in [0.05, 0.1) is 42.4 Å². The summed E-state index contributed by atoms with van der Waals surface area (Å²) in [6.07, 6.45) is 3.45. The first-order valence-electron chi connectivity index (χ1n) is 10.2. The van der Waals surface area contributed by atoms with E-state index >= 15 is 0 Å². The highest BCUT2D eigenvalue weighted by molar-refractivity contribution is 6.33. The second-order valence-corrected chi connectivity index (χ2v) is 7.56. The second kappa shape index (κ2) is 10.1. The monoisotopic (exact) mass is 476 g/mol. The number of benzene rings is 3. The molecular formula is C25H21ClN4O4. The number of methoxy groups -OCH3 is 2. The lowest BCUT2D eigenvalue weighted by Gasteiger charge is -2.09. The number of hydrogen-bond donors (Lipinski definition) is 2. The minimum absolute atomic E-state index is 0.102. The zero-order valence-corrected chi connectivity index (χ0v) is 19.2. The van der Waals surface area contributed by atoms with Crippen molar-refractivity contribution in [1.29, 1.82) is 0 Å². The molecule has 0 radical (unpaired) electrons. The molecule has 2 N–H and O–H groups in total. The SMILES string of the molecule is COc1ccc(-c2nn(-c3ccccc3)cc2C=NNc2cc(C(=O)O)ccc2Cl)cc1OC. The van der Waals surface area contributed by atoms with Crippen LogP contribution >= 0.6 is 11.6 Å². The molecule has 0 spiro atoms. The molecule has 0 bridgehead atoms. The average Bonchev–Trinajstić information content (AvgIpc) is 3.29. The van der Waals surface area contributed by atoms with Crippen LogP contribution in [-0.2, 0) is 0 Å². The Balaban J connectivity index is 1.72. The maximum Gasteiger partial charge on any atom is 0.335 e. The molecule has 8 nitrogen and oxygen atoms in total. The number of nitrogens with zero attached hydrogens (tertiary/aromatic N) is 3. The number of para-hydroxylation sites is 1. The Morgan fingerprint density at radius 3 is 2.53 bits per heavy atom. The molecule has 9 heteroatoms. The molecule has 0 amide bonds. The molecular weight excluding hydrogens is 456 g/mol. The highest BCUT2D eigenvalue weighted by atomic mass is 35.5. The zero-order chi connectivity index (χ0) is 24.1. The molecule has 0 aliphatic carbocycles. The summed E-state index contributed by atoms with van der Waals surface area (Å²) in [4.78, 5) is 11.3. The summed E-state index contributed by atoms with van der Waals surface area (Å²) in [6.45, 7) is 0. The molecule has 0 saturated carbocycles. The van der Waals surface area contributed by atoms with Crippen LogP contribution in [0, 0.1) is 0 Å². The van der Waals surface area contributed by atoms with Crippen molar-refractivity contribution in [3.63, 3.8) is 0 Å². The number of anilines is 1. The third kappa shape index (κ3) is 4.87. The van der Waals surface area contributed by atoms with Gasteiger partial charge in [-0.2, -0.15) is 10.2 Å². The molecule has 0 fully saturated rings. The number of nitrogens with one attached hydrogen (secondary N) is 1. The van der Waals surface area contributed by atoms with Gasteiger partial charge in [0.15, 0.2) is 11.5 Å². The molecule has 0 atom stereocenters. The van der Waals surface area contributed by atoms with E-state index in [1.165, 1.54) is 18.2 Å². The molecule has 1 aromatic heterocycles. The Morgan fingerprint density at radius 1 is 1.06 bits per heavy atom. The summed E-state index contributed by atoms with van der Waals surface area (Å²) in [6, 6.07) is 19.6. The molecule has 34 heavy (non-hydrogen) atoms. The van der Waals surface area contributed by atoms with Gasteiger partial charge in [-0.25, -0.2) is 9.48 Å². The van der Waals surface area contributed by atoms with Crippen LogP contribution in [0.4, 0.5) is 5.69 Å². The number of carboxylic acids is 1. The standard InChI is InChI=1S/C25H21ClN4O4/c1-33-22-11-9-16(13-23(22)34-2)24-18(15-30(29-24)19-6-4-3-5-7-19)14-27-28-21-12-17(25(31)32)8-10-20(21)26/h3-15,28H,1-2H3,(H,31,32). The number of aromatic nitrogens is 2. The van der Waals surface area contributed by atoms with Crippen molar-refractivity contribution in [2.45, 2.75) is 0 Å². The van der Waals surface area contributed by atoms with Crippen LogP contribution in [0.1, 0.15) is 15.9 Å². The summed E-state index contributed by atoms with van der Waals surface area (Å²) in [5.41, 5.74) is 6.37. The van der Waals surface area contributed by atoms with Crippen LogP contribution in [0.2, 0.25) is 5.02 Å². The van der Waals surface area contributed by atoms with Crippen LogP contribution in [-0.4, -0.2) is 41.3 Å². The number of aromatic carboxylic acids is 1. The molecule has 1 heterocycles. The van der Waals surface area contributed by atoms with Gasteiger partial charge < -0.3 is 14.6 Å². The second-order valence-electron chi connectivity index (χ2n) is 7.15. The number of ether oxygens (including phenoxy) is 2. The molecule has 4 rings (SSSR count). The Labute approximate surface area is 201 Å². The minimum atomic E-state index is -1.05. The van der Waals surface area contributed by atoms with Gasteiger partial charge in [-0.05, 0) is 48.5 Å². The Bertz CT molecular complexity index is 1350. The van der Waals surface area contributed by atoms with Crippen molar-refractivity contribution in [1.82, 2.24) is 9.78 Å². The number of hydrogen-bond acceptors (Lipinski definition) is 6. The molecule has 0 unspecified atom stereocenters. The Morgan fingerprint density at radius 2 is 1.82 bits per heavy atom. The molecule has 0 aliphatic rings. The van der Waals surface area contributed by atoms with E-state index in [4.69, 9.17) is 26.2 Å². The Hall–Kier alpha value is -4.30.